The van der Waals surface area contributed by atoms with E-state index in [0.717, 1.165) is 17.1 Å². The molecular weight excluding hydrogens is 250 g/mol. The Balaban J connectivity index is 3.02. The van der Waals surface area contributed by atoms with Crippen molar-refractivity contribution in [3.63, 3.8) is 0 Å². The van der Waals surface area contributed by atoms with E-state index in [1.165, 1.54) is 18.5 Å². The maximum absolute atomic E-state index is 3.96. The Bertz CT molecular complexity index is 417. The number of rotatable bonds is 7. The van der Waals surface area contributed by atoms with E-state index in [0.29, 0.717) is 6.04 Å². The summed E-state index contributed by atoms with van der Waals surface area (Å²) in [6.07, 6.45) is 12.6. The predicted molar refractivity (Wildman–Crippen MR) is 88.9 cm³/mol. The van der Waals surface area contributed by atoms with Gasteiger partial charge in [0, 0.05) is 12.3 Å². The standard InChI is InChI=1S/C17H25NS/c1-7-13(4)12-15(8-2)16(9-3)18(19-6)17-11-10-14(17)5/h7-9,12,14,17H,1-2,4,10-11H2,3,5-6H3. The summed E-state index contributed by atoms with van der Waals surface area (Å²) >= 11 is 1.79. The summed E-state index contributed by atoms with van der Waals surface area (Å²) in [6.45, 7) is 16.1. The molecule has 19 heavy (non-hydrogen) atoms. The van der Waals surface area contributed by atoms with Gasteiger partial charge in [0.1, 0.15) is 0 Å². The van der Waals surface area contributed by atoms with Gasteiger partial charge in [-0.3, -0.25) is 0 Å². The summed E-state index contributed by atoms with van der Waals surface area (Å²) in [4.78, 5) is 0. The lowest BCUT2D eigenvalue weighted by Gasteiger charge is -2.44. The van der Waals surface area contributed by atoms with Crippen LogP contribution in [-0.2, 0) is 0 Å². The van der Waals surface area contributed by atoms with Gasteiger partial charge < -0.3 is 4.31 Å². The highest BCUT2D eigenvalue weighted by Gasteiger charge is 2.33. The van der Waals surface area contributed by atoms with E-state index in [1.807, 2.05) is 12.2 Å². The van der Waals surface area contributed by atoms with Crippen molar-refractivity contribution >= 4 is 11.9 Å². The van der Waals surface area contributed by atoms with Crippen LogP contribution >= 0.6 is 11.9 Å². The molecular formula is C17H25NS. The van der Waals surface area contributed by atoms with Crippen molar-refractivity contribution in [3.05, 3.63) is 60.9 Å². The zero-order valence-electron chi connectivity index (χ0n) is 12.4. The van der Waals surface area contributed by atoms with Crippen LogP contribution in [0, 0.1) is 5.92 Å². The molecule has 0 aromatic heterocycles. The van der Waals surface area contributed by atoms with Crippen molar-refractivity contribution < 1.29 is 0 Å². The molecule has 2 unspecified atom stereocenters. The van der Waals surface area contributed by atoms with Gasteiger partial charge in [-0.25, -0.2) is 0 Å². The Hall–Kier alpha value is -1.15. The minimum atomic E-state index is 0.626. The Morgan fingerprint density at radius 1 is 1.26 bits per heavy atom. The van der Waals surface area contributed by atoms with E-state index in [-0.39, 0.29) is 0 Å². The molecule has 0 aromatic rings. The zero-order valence-corrected chi connectivity index (χ0v) is 13.2. The largest absolute Gasteiger partial charge is 0.313 e. The van der Waals surface area contributed by atoms with Crippen LogP contribution in [0.25, 0.3) is 0 Å². The molecule has 0 radical (unpaired) electrons. The third-order valence-electron chi connectivity index (χ3n) is 3.70. The Labute approximate surface area is 122 Å². The molecule has 1 aliphatic rings. The first kappa shape index (κ1) is 15.9. The van der Waals surface area contributed by atoms with Crippen LogP contribution in [0.15, 0.2) is 60.9 Å². The smallest absolute Gasteiger partial charge is 0.0502 e. The van der Waals surface area contributed by atoms with Crippen LogP contribution in [0.3, 0.4) is 0 Å². The first-order chi connectivity index (χ1) is 9.08. The van der Waals surface area contributed by atoms with E-state index >= 15 is 0 Å². The Morgan fingerprint density at radius 2 is 1.95 bits per heavy atom. The molecule has 104 valence electrons. The number of nitrogens with zero attached hydrogens (tertiary/aromatic N) is 1. The number of allylic oxidation sites excluding steroid dienone is 5. The molecule has 1 fully saturated rings. The Morgan fingerprint density at radius 3 is 2.26 bits per heavy atom. The average Bonchev–Trinajstić information content (AvgIpc) is 2.43. The first-order valence-corrected chi connectivity index (χ1v) is 7.92. The van der Waals surface area contributed by atoms with Gasteiger partial charge in [-0.2, -0.15) is 0 Å². The fourth-order valence-electron chi connectivity index (χ4n) is 2.33. The van der Waals surface area contributed by atoms with Crippen molar-refractivity contribution in [1.29, 1.82) is 0 Å². The normalized spacial score (nSPS) is 23.5. The summed E-state index contributed by atoms with van der Waals surface area (Å²) in [5, 5.41) is 0. The second-order valence-corrected chi connectivity index (χ2v) is 5.65. The number of hydrogen-bond acceptors (Lipinski definition) is 2. The minimum Gasteiger partial charge on any atom is -0.313 e. The van der Waals surface area contributed by atoms with E-state index in [9.17, 15) is 0 Å². The summed E-state index contributed by atoms with van der Waals surface area (Å²) in [6, 6.07) is 0.626. The molecule has 0 aliphatic heterocycles. The monoisotopic (exact) mass is 275 g/mol. The molecule has 0 heterocycles. The molecule has 0 saturated heterocycles. The lowest BCUT2D eigenvalue weighted by Crippen LogP contribution is -2.41. The van der Waals surface area contributed by atoms with Gasteiger partial charge in [0.05, 0.1) is 5.70 Å². The van der Waals surface area contributed by atoms with Gasteiger partial charge in [0.2, 0.25) is 0 Å². The quantitative estimate of drug-likeness (QED) is 0.468. The van der Waals surface area contributed by atoms with Gasteiger partial charge in [-0.15, -0.1) is 0 Å². The van der Waals surface area contributed by atoms with Crippen LogP contribution in [0.4, 0.5) is 0 Å². The second kappa shape index (κ2) is 7.44. The van der Waals surface area contributed by atoms with Gasteiger partial charge in [-0.1, -0.05) is 56.8 Å². The third-order valence-corrected chi connectivity index (χ3v) is 4.56. The van der Waals surface area contributed by atoms with Crippen molar-refractivity contribution in [3.8, 4) is 0 Å². The van der Waals surface area contributed by atoms with Crippen LogP contribution in [0.2, 0.25) is 0 Å². The first-order valence-electron chi connectivity index (χ1n) is 6.74. The van der Waals surface area contributed by atoms with E-state index < -0.39 is 0 Å². The van der Waals surface area contributed by atoms with Gasteiger partial charge in [0.25, 0.3) is 0 Å². The lowest BCUT2D eigenvalue weighted by atomic mass is 9.80. The third kappa shape index (κ3) is 3.66. The molecule has 2 heteroatoms. The van der Waals surface area contributed by atoms with Crippen LogP contribution in [0.1, 0.15) is 26.7 Å². The molecule has 0 N–H and O–H groups in total. The Kier molecular flexibility index (Phi) is 6.23. The zero-order chi connectivity index (χ0) is 14.4. The highest BCUT2D eigenvalue weighted by atomic mass is 32.2. The molecule has 0 spiro atoms. The predicted octanol–water partition coefficient (Wildman–Crippen LogP) is 5.12. The number of hydrogen-bond donors (Lipinski definition) is 0. The molecule has 0 bridgehead atoms. The fourth-order valence-corrected chi connectivity index (χ4v) is 3.32. The van der Waals surface area contributed by atoms with Crippen LogP contribution in [0.5, 0.6) is 0 Å². The molecule has 0 aromatic carbocycles. The van der Waals surface area contributed by atoms with Crippen molar-refractivity contribution in [2.24, 2.45) is 5.92 Å². The molecule has 1 rings (SSSR count). The van der Waals surface area contributed by atoms with Crippen LogP contribution < -0.4 is 0 Å². The summed E-state index contributed by atoms with van der Waals surface area (Å²) < 4.78 is 2.41. The SMILES string of the molecule is C=CC(=C)C=C(C=C)C(=CC)N(SC)C1CCC1C. The van der Waals surface area contributed by atoms with Crippen LogP contribution in [-0.4, -0.2) is 16.6 Å². The highest BCUT2D eigenvalue weighted by molar-refractivity contribution is 7.96. The maximum atomic E-state index is 3.96. The van der Waals surface area contributed by atoms with E-state index in [4.69, 9.17) is 0 Å². The molecule has 1 saturated carbocycles. The molecule has 2 atom stereocenters. The summed E-state index contributed by atoms with van der Waals surface area (Å²) in [7, 11) is 0. The van der Waals surface area contributed by atoms with E-state index in [2.05, 4.69) is 50.2 Å². The summed E-state index contributed by atoms with van der Waals surface area (Å²) in [5.41, 5.74) is 3.25. The van der Waals surface area contributed by atoms with Crippen molar-refractivity contribution in [2.75, 3.05) is 6.26 Å². The van der Waals surface area contributed by atoms with Gasteiger partial charge in [-0.05, 0) is 42.9 Å². The summed E-state index contributed by atoms with van der Waals surface area (Å²) in [5.74, 6) is 0.760. The molecule has 1 nitrogen and oxygen atoms in total. The molecule has 1 aliphatic carbocycles. The minimum absolute atomic E-state index is 0.626. The topological polar surface area (TPSA) is 3.24 Å². The average molecular weight is 275 g/mol. The van der Waals surface area contributed by atoms with Gasteiger partial charge >= 0.3 is 0 Å². The second-order valence-electron chi connectivity index (χ2n) is 4.89. The maximum Gasteiger partial charge on any atom is 0.0502 e. The van der Waals surface area contributed by atoms with Gasteiger partial charge in [0.15, 0.2) is 0 Å². The fraction of sp³-hybridized carbons (Fsp3) is 0.412. The van der Waals surface area contributed by atoms with Crippen molar-refractivity contribution in [2.45, 2.75) is 32.7 Å². The molecule has 0 amide bonds. The lowest BCUT2D eigenvalue weighted by molar-refractivity contribution is 0.181. The highest BCUT2D eigenvalue weighted by Crippen LogP contribution is 2.39. The van der Waals surface area contributed by atoms with E-state index in [1.54, 1.807) is 18.0 Å². The van der Waals surface area contributed by atoms with Crippen molar-refractivity contribution in [1.82, 2.24) is 4.31 Å².